The molecule has 0 aliphatic carbocycles. The Morgan fingerprint density at radius 1 is 1.08 bits per heavy atom. The van der Waals surface area contributed by atoms with E-state index in [1.165, 1.54) is 24.8 Å². The second-order valence-corrected chi connectivity index (χ2v) is 9.67. The molecule has 0 saturated carbocycles. The highest BCUT2D eigenvalue weighted by atomic mass is 35.5. The summed E-state index contributed by atoms with van der Waals surface area (Å²) in [6, 6.07) is 15.6. The van der Waals surface area contributed by atoms with Gasteiger partial charge in [0.15, 0.2) is 0 Å². The van der Waals surface area contributed by atoms with Crippen LogP contribution in [0.4, 0.5) is 0 Å². The van der Waals surface area contributed by atoms with Crippen molar-refractivity contribution in [3.8, 4) is 0 Å². The molecule has 0 spiro atoms. The molecular weight excluding hydrogens is 405 g/mol. The molecule has 4 rings (SSSR count). The van der Waals surface area contributed by atoms with Gasteiger partial charge in [-0.2, -0.15) is 0 Å². The van der Waals surface area contributed by atoms with E-state index in [-0.39, 0.29) is 0 Å². The number of fused-ring (bicyclic) bond motifs is 2. The summed E-state index contributed by atoms with van der Waals surface area (Å²) in [7, 11) is 2.29. The number of nitrogens with zero attached hydrogens (tertiary/aromatic N) is 1. The van der Waals surface area contributed by atoms with Crippen molar-refractivity contribution in [2.75, 3.05) is 12.8 Å². The molecule has 138 valence electrons. The summed E-state index contributed by atoms with van der Waals surface area (Å²) in [6.45, 7) is 0. The Kier molecular flexibility index (Phi) is 5.78. The summed E-state index contributed by atoms with van der Waals surface area (Å²) in [5.41, 5.74) is 1.38. The molecule has 0 aromatic heterocycles. The lowest BCUT2D eigenvalue weighted by molar-refractivity contribution is 0.112. The maximum atomic E-state index is 6.41. The molecule has 4 atom stereocenters. The van der Waals surface area contributed by atoms with E-state index in [2.05, 4.69) is 36.2 Å². The second-order valence-electron chi connectivity index (χ2n) is 7.39. The zero-order valence-electron chi connectivity index (χ0n) is 14.7. The van der Waals surface area contributed by atoms with Crippen LogP contribution in [0, 0.1) is 5.92 Å². The average molecular weight is 427 g/mol. The second kappa shape index (κ2) is 7.93. The van der Waals surface area contributed by atoms with Crippen LogP contribution in [0.25, 0.3) is 0 Å². The number of halogens is 3. The minimum absolute atomic E-state index is 0.549. The molecule has 26 heavy (non-hydrogen) atoms. The van der Waals surface area contributed by atoms with E-state index < -0.39 is 0 Å². The summed E-state index contributed by atoms with van der Waals surface area (Å²) in [4.78, 5) is 3.68. The molecule has 2 aromatic rings. The minimum atomic E-state index is 0.549. The zero-order chi connectivity index (χ0) is 18.3. The van der Waals surface area contributed by atoms with E-state index in [0.29, 0.717) is 34.0 Å². The number of hydrogen-bond acceptors (Lipinski definition) is 2. The highest BCUT2D eigenvalue weighted by Gasteiger charge is 2.45. The fourth-order valence-electron chi connectivity index (χ4n) is 4.71. The van der Waals surface area contributed by atoms with Crippen LogP contribution in [-0.4, -0.2) is 29.8 Å². The Morgan fingerprint density at radius 3 is 2.69 bits per heavy atom. The minimum Gasteiger partial charge on any atom is -0.300 e. The normalized spacial score (nSPS) is 28.5. The Labute approximate surface area is 175 Å². The molecule has 2 fully saturated rings. The number of piperidine rings is 1. The molecule has 2 aromatic carbocycles. The van der Waals surface area contributed by atoms with Gasteiger partial charge in [-0.05, 0) is 68.0 Å². The van der Waals surface area contributed by atoms with Crippen molar-refractivity contribution in [2.24, 2.45) is 5.92 Å². The predicted molar refractivity (Wildman–Crippen MR) is 114 cm³/mol. The van der Waals surface area contributed by atoms with Crippen LogP contribution in [0.1, 0.15) is 30.7 Å². The lowest BCUT2D eigenvalue weighted by atomic mass is 9.77. The van der Waals surface area contributed by atoms with E-state index in [9.17, 15) is 0 Å². The summed E-state index contributed by atoms with van der Waals surface area (Å²) in [5.74, 6) is 2.17. The van der Waals surface area contributed by atoms with Crippen molar-refractivity contribution < 1.29 is 0 Å². The van der Waals surface area contributed by atoms with Crippen molar-refractivity contribution >= 4 is 46.6 Å². The Hall–Kier alpha value is -0.380. The van der Waals surface area contributed by atoms with Gasteiger partial charge in [-0.15, -0.1) is 11.8 Å². The first kappa shape index (κ1) is 19.0. The maximum Gasteiger partial charge on any atom is 0.0728 e. The van der Waals surface area contributed by atoms with Gasteiger partial charge in [-0.25, -0.2) is 0 Å². The van der Waals surface area contributed by atoms with Gasteiger partial charge in [0.2, 0.25) is 0 Å². The van der Waals surface area contributed by atoms with E-state index in [1.54, 1.807) is 0 Å². The van der Waals surface area contributed by atoms with E-state index in [0.717, 1.165) is 15.7 Å². The quantitative estimate of drug-likeness (QED) is 0.484. The third kappa shape index (κ3) is 3.64. The van der Waals surface area contributed by atoms with Gasteiger partial charge < -0.3 is 4.90 Å². The van der Waals surface area contributed by atoms with Gasteiger partial charge in [0.1, 0.15) is 0 Å². The van der Waals surface area contributed by atoms with Crippen molar-refractivity contribution in [1.29, 1.82) is 0 Å². The highest BCUT2D eigenvalue weighted by molar-refractivity contribution is 7.99. The van der Waals surface area contributed by atoms with E-state index >= 15 is 0 Å². The average Bonchev–Trinajstić information content (AvgIpc) is 2.87. The van der Waals surface area contributed by atoms with Gasteiger partial charge in [-0.1, -0.05) is 53.0 Å². The molecule has 0 radical (unpaired) electrons. The highest BCUT2D eigenvalue weighted by Crippen LogP contribution is 2.48. The summed E-state index contributed by atoms with van der Waals surface area (Å²) < 4.78 is 0. The van der Waals surface area contributed by atoms with Gasteiger partial charge in [0.25, 0.3) is 0 Å². The van der Waals surface area contributed by atoms with E-state index in [4.69, 9.17) is 34.8 Å². The third-order valence-corrected chi connectivity index (χ3v) is 8.42. The third-order valence-electron chi connectivity index (χ3n) is 6.06. The van der Waals surface area contributed by atoms with Crippen LogP contribution in [0.15, 0.2) is 47.4 Å². The summed E-state index contributed by atoms with van der Waals surface area (Å²) >= 11 is 20.7. The van der Waals surface area contributed by atoms with Crippen molar-refractivity contribution in [1.82, 2.24) is 4.90 Å². The molecule has 0 amide bonds. The standard InChI is InChI=1S/C21H22Cl3NS/c1-25-15-8-9-19(25)17(12-26-20-7-3-6-18(23)21(20)24)16(11-15)13-4-2-5-14(22)10-13/h2-7,10,15-17,19H,8-9,11-12H2,1H3/t15?,16-,17-,19?/m0/s1. The molecule has 2 aliphatic rings. The van der Waals surface area contributed by atoms with Crippen LogP contribution in [0.2, 0.25) is 15.1 Å². The van der Waals surface area contributed by atoms with Crippen molar-refractivity contribution in [3.63, 3.8) is 0 Å². The molecule has 2 unspecified atom stereocenters. The van der Waals surface area contributed by atoms with Crippen LogP contribution < -0.4 is 0 Å². The molecule has 2 aliphatic heterocycles. The molecule has 2 bridgehead atoms. The van der Waals surface area contributed by atoms with Crippen LogP contribution >= 0.6 is 46.6 Å². The SMILES string of the molecule is CN1C2CCC1[C@@H](CSc1cccc(Cl)c1Cl)[C@H](c1cccc(Cl)c1)C2. The predicted octanol–water partition coefficient (Wildman–Crippen LogP) is 7.01. The smallest absolute Gasteiger partial charge is 0.0728 e. The molecule has 2 heterocycles. The Morgan fingerprint density at radius 2 is 1.88 bits per heavy atom. The molecule has 2 saturated heterocycles. The van der Waals surface area contributed by atoms with Crippen LogP contribution in [-0.2, 0) is 0 Å². The first-order valence-corrected chi connectivity index (χ1v) is 11.2. The number of hydrogen-bond donors (Lipinski definition) is 0. The Balaban J connectivity index is 1.60. The molecule has 0 N–H and O–H groups in total. The molecular formula is C21H22Cl3NS. The van der Waals surface area contributed by atoms with Gasteiger partial charge >= 0.3 is 0 Å². The van der Waals surface area contributed by atoms with Crippen LogP contribution in [0.3, 0.4) is 0 Å². The number of thioether (sulfide) groups is 1. The van der Waals surface area contributed by atoms with E-state index in [1.807, 2.05) is 30.0 Å². The topological polar surface area (TPSA) is 3.24 Å². The van der Waals surface area contributed by atoms with Crippen LogP contribution in [0.5, 0.6) is 0 Å². The fraction of sp³-hybridized carbons (Fsp3) is 0.429. The monoisotopic (exact) mass is 425 g/mol. The fourth-order valence-corrected chi connectivity index (χ4v) is 6.66. The van der Waals surface area contributed by atoms with Gasteiger partial charge in [-0.3, -0.25) is 0 Å². The lowest BCUT2D eigenvalue weighted by Crippen LogP contribution is -2.46. The lowest BCUT2D eigenvalue weighted by Gasteiger charge is -2.43. The summed E-state index contributed by atoms with van der Waals surface area (Å²) in [6.07, 6.45) is 3.80. The number of benzene rings is 2. The zero-order valence-corrected chi connectivity index (χ0v) is 17.8. The van der Waals surface area contributed by atoms with Gasteiger partial charge in [0, 0.05) is 27.8 Å². The molecule has 5 heteroatoms. The first-order chi connectivity index (χ1) is 12.5. The number of rotatable bonds is 4. The molecule has 1 nitrogen and oxygen atoms in total. The summed E-state index contributed by atoms with van der Waals surface area (Å²) in [5, 5.41) is 2.13. The van der Waals surface area contributed by atoms with Crippen molar-refractivity contribution in [2.45, 2.75) is 42.2 Å². The maximum absolute atomic E-state index is 6.41. The first-order valence-electron chi connectivity index (χ1n) is 9.09. The van der Waals surface area contributed by atoms with Gasteiger partial charge in [0.05, 0.1) is 10.0 Å². The Bertz CT molecular complexity index is 797. The van der Waals surface area contributed by atoms with Crippen molar-refractivity contribution in [3.05, 3.63) is 63.1 Å². The largest absolute Gasteiger partial charge is 0.300 e.